The number of halogens is 5. The van der Waals surface area contributed by atoms with Crippen LogP contribution < -0.4 is 5.32 Å². The first kappa shape index (κ1) is 81.2. The number of likely N-dealkylation sites (tertiary alicyclic amines) is 5. The van der Waals surface area contributed by atoms with Crippen LogP contribution in [0, 0.1) is 76.9 Å². The van der Waals surface area contributed by atoms with E-state index < -0.39 is 156 Å². The third kappa shape index (κ3) is 16.9. The average Bonchev–Trinajstić information content (AvgIpc) is 1.60. The predicted octanol–water partition coefficient (Wildman–Crippen LogP) is 8.79. The number of amides is 11. The average molecular weight is 1800 g/mol. The molecular formula is C79H95Br5N6O17. The van der Waals surface area contributed by atoms with Crippen LogP contribution in [-0.4, -0.2) is 230 Å². The van der Waals surface area contributed by atoms with E-state index in [9.17, 15) is 52.7 Å². The van der Waals surface area contributed by atoms with Crippen LogP contribution in [0.5, 0.6) is 0 Å². The fraction of sp³-hybridized carbons (Fsp3) is 0.608. The first-order chi connectivity index (χ1) is 51.9. The SMILES string of the molecule is C=CC1CC(/C=C\C2OC(/C=C\C3OC(/C=C\C4OC(/C=C\C5OC(/C=C\C6OC(/C=C/c7ccccc7)C7C(=O)N(CCCCBr)C(=O)C67)C6C(=O)N(CCCCBr)C(=O)C56)C5C(=O)N(CCCCBr)C(=O)C45)C4C(=O)N(CCCCBr)C(=O)C34)C3C(=O)N(CCCCBr)C(=O)C23)CC1C(=O)NCCOC. The fourth-order valence-electron chi connectivity index (χ4n) is 17.8. The van der Waals surface area contributed by atoms with Crippen molar-refractivity contribution in [1.82, 2.24) is 29.8 Å². The molecule has 0 bridgehead atoms. The number of allylic oxidation sites excluding steroid dienone is 2. The Morgan fingerprint density at radius 3 is 0.916 bits per heavy atom. The van der Waals surface area contributed by atoms with Gasteiger partial charge in [0.2, 0.25) is 65.0 Å². The molecule has 0 radical (unpaired) electrons. The van der Waals surface area contributed by atoms with Gasteiger partial charge in [-0.25, -0.2) is 0 Å². The van der Waals surface area contributed by atoms with E-state index in [4.69, 9.17) is 28.4 Å². The monoisotopic (exact) mass is 1790 g/mol. The molecule has 0 aromatic heterocycles. The highest BCUT2D eigenvalue weighted by Gasteiger charge is 2.65. The Bertz CT molecular complexity index is 3690. The summed E-state index contributed by atoms with van der Waals surface area (Å²) in [7, 11) is 1.57. The number of imide groups is 5. The number of rotatable bonds is 37. The van der Waals surface area contributed by atoms with Crippen LogP contribution in [0.3, 0.4) is 0 Å². The van der Waals surface area contributed by atoms with Crippen molar-refractivity contribution >= 4 is 151 Å². The molecule has 11 fully saturated rings. The second-order valence-corrected chi connectivity index (χ2v) is 33.4. The number of hydrogen-bond donors (Lipinski definition) is 1. The minimum atomic E-state index is -1.07. The van der Waals surface area contributed by atoms with Crippen LogP contribution in [-0.2, 0) is 81.2 Å². The maximum Gasteiger partial charge on any atom is 0.236 e. The number of alkyl halides is 5. The van der Waals surface area contributed by atoms with Gasteiger partial charge in [0.05, 0.1) is 127 Å². The van der Waals surface area contributed by atoms with Gasteiger partial charge in [-0.3, -0.25) is 77.2 Å². The van der Waals surface area contributed by atoms with E-state index in [-0.39, 0.29) is 80.0 Å². The van der Waals surface area contributed by atoms with Gasteiger partial charge in [0.25, 0.3) is 0 Å². The summed E-state index contributed by atoms with van der Waals surface area (Å²) >= 11 is 17.3. The first-order valence-electron chi connectivity index (χ1n) is 37.8. The van der Waals surface area contributed by atoms with Crippen LogP contribution in [0.25, 0.3) is 6.08 Å². The molecule has 1 aromatic carbocycles. The number of hydrogen-bond acceptors (Lipinski definition) is 17. The molecule has 1 aliphatic carbocycles. The standard InChI is InChI=1S/C79H95Br5N6O17/c1-3-47-43-46(44-48(47)69(91)85-36-42-102-2)20-22-50-60-62(73(95)87(71(60)93)38-13-8-32-81)52(104-50)24-26-54-64-66(77(99)89(75(64)97)40-15-10-34-83)56(106-54)28-30-58-68-67(78(100)90(79(68)101)41-16-11-35-84)57(107-58)29-27-55-65-63(74(96)88(76(65)98)39-14-9-33-82)53(105-55)25-23-51-61-59(70(92)86(72(61)94)37-12-7-31-80)49(103-51)21-19-45-17-5-4-6-18-45/h3-6,17-30,46-68H,1,7-16,31-44H2,2H3,(H,85,91)/b21-19+,22-20-,25-23-,26-24-,29-27-,30-28-. The van der Waals surface area contributed by atoms with Crippen LogP contribution >= 0.6 is 79.6 Å². The molecule has 10 aliphatic heterocycles. The number of benzene rings is 1. The number of unbranched alkanes of at least 4 members (excludes halogenated alkanes) is 5. The topological polar surface area (TPSA) is 271 Å². The van der Waals surface area contributed by atoms with Crippen LogP contribution in [0.15, 0.2) is 110 Å². The van der Waals surface area contributed by atoms with Gasteiger partial charge in [-0.15, -0.1) is 6.58 Å². The summed E-state index contributed by atoms with van der Waals surface area (Å²) in [5.41, 5.74) is 0.883. The van der Waals surface area contributed by atoms with Crippen LogP contribution in [0.2, 0.25) is 0 Å². The van der Waals surface area contributed by atoms with E-state index in [1.807, 2.05) is 48.6 Å². The molecule has 107 heavy (non-hydrogen) atoms. The predicted molar refractivity (Wildman–Crippen MR) is 413 cm³/mol. The van der Waals surface area contributed by atoms with E-state index in [1.165, 1.54) is 24.5 Å². The van der Waals surface area contributed by atoms with Gasteiger partial charge in [0, 0.05) is 78.9 Å². The summed E-state index contributed by atoms with van der Waals surface area (Å²) in [6.07, 6.45) is 20.4. The number of ether oxygens (including phenoxy) is 6. The molecule has 28 heteroatoms. The highest BCUT2D eigenvalue weighted by atomic mass is 79.9. The van der Waals surface area contributed by atoms with Crippen LogP contribution in [0.1, 0.15) is 82.6 Å². The fourth-order valence-corrected chi connectivity index (χ4v) is 19.8. The molecule has 23 unspecified atom stereocenters. The van der Waals surface area contributed by atoms with Gasteiger partial charge in [-0.1, -0.05) is 189 Å². The maximum atomic E-state index is 14.8. The summed E-state index contributed by atoms with van der Waals surface area (Å²) in [5.74, 6) is -14.1. The van der Waals surface area contributed by atoms with Crippen molar-refractivity contribution in [3.05, 3.63) is 115 Å². The molecule has 10 saturated heterocycles. The molecule has 23 nitrogen and oxygen atoms in total. The minimum absolute atomic E-state index is 0.0515. The first-order valence-corrected chi connectivity index (χ1v) is 43.4. The molecule has 11 amide bonds. The Labute approximate surface area is 666 Å². The molecule has 10 heterocycles. The molecule has 1 aromatic rings. The highest BCUT2D eigenvalue weighted by Crippen LogP contribution is 2.50. The maximum absolute atomic E-state index is 14.8. The molecular weight excluding hydrogens is 1700 g/mol. The van der Waals surface area contributed by atoms with Gasteiger partial charge in [0.15, 0.2) is 0 Å². The number of carbonyl (C=O) groups is 11. The molecule has 0 spiro atoms. The van der Waals surface area contributed by atoms with Crippen LogP contribution in [0.4, 0.5) is 0 Å². The minimum Gasteiger partial charge on any atom is -0.383 e. The van der Waals surface area contributed by atoms with E-state index in [2.05, 4.69) is 91.5 Å². The van der Waals surface area contributed by atoms with Crippen molar-refractivity contribution in [2.45, 2.75) is 138 Å². The summed E-state index contributed by atoms with van der Waals surface area (Å²) in [5, 5.41) is 6.33. The zero-order chi connectivity index (χ0) is 75.7. The molecule has 11 aliphatic rings. The lowest BCUT2D eigenvalue weighted by Gasteiger charge is -2.22. The van der Waals surface area contributed by atoms with Gasteiger partial charge < -0.3 is 33.7 Å². The largest absolute Gasteiger partial charge is 0.383 e. The Morgan fingerprint density at radius 2 is 0.664 bits per heavy atom. The molecule has 1 N–H and O–H groups in total. The van der Waals surface area contributed by atoms with Gasteiger partial charge in [-0.05, 0) is 94.4 Å². The molecule has 1 saturated carbocycles. The zero-order valence-corrected chi connectivity index (χ0v) is 67.8. The number of methoxy groups -OCH3 is 1. The molecule has 578 valence electrons. The van der Waals surface area contributed by atoms with Gasteiger partial charge in [0.1, 0.15) is 0 Å². The number of fused-ring (bicyclic) bond motifs is 5. The Kier molecular flexibility index (Phi) is 28.4. The van der Waals surface area contributed by atoms with Crippen molar-refractivity contribution in [3.8, 4) is 0 Å². The Hall–Kier alpha value is -5.27. The summed E-state index contributed by atoms with van der Waals surface area (Å²) in [4.78, 5) is 166. The van der Waals surface area contributed by atoms with Crippen molar-refractivity contribution in [1.29, 1.82) is 0 Å². The van der Waals surface area contributed by atoms with Crippen molar-refractivity contribution < 1.29 is 81.2 Å². The number of nitrogens with zero attached hydrogens (tertiary/aromatic N) is 5. The lowest BCUT2D eigenvalue weighted by molar-refractivity contribution is -0.144. The van der Waals surface area contributed by atoms with E-state index in [0.29, 0.717) is 104 Å². The Morgan fingerprint density at radius 1 is 0.402 bits per heavy atom. The smallest absolute Gasteiger partial charge is 0.236 e. The van der Waals surface area contributed by atoms with Gasteiger partial charge >= 0.3 is 0 Å². The lowest BCUT2D eigenvalue weighted by atomic mass is 9.86. The van der Waals surface area contributed by atoms with Crippen molar-refractivity contribution in [3.63, 3.8) is 0 Å². The van der Waals surface area contributed by atoms with E-state index >= 15 is 0 Å². The zero-order valence-electron chi connectivity index (χ0n) is 59.9. The quantitative estimate of drug-likeness (QED) is 0.0282. The third-order valence-corrected chi connectivity index (χ3v) is 25.9. The molecule has 23 atom stereocenters. The lowest BCUT2D eigenvalue weighted by Crippen LogP contribution is -2.37. The number of carbonyl (C=O) groups excluding carboxylic acids is 11. The summed E-state index contributed by atoms with van der Waals surface area (Å²) in [6.45, 7) is 5.74. The van der Waals surface area contributed by atoms with Crippen molar-refractivity contribution in [2.24, 2.45) is 76.9 Å². The number of nitrogens with one attached hydrogen (secondary N) is 1. The molecule has 12 rings (SSSR count). The van der Waals surface area contributed by atoms with E-state index in [0.717, 1.165) is 18.4 Å². The van der Waals surface area contributed by atoms with Gasteiger partial charge in [-0.2, -0.15) is 0 Å². The second-order valence-electron chi connectivity index (χ2n) is 29.4. The Balaban J connectivity index is 0.811. The highest BCUT2D eigenvalue weighted by molar-refractivity contribution is 9.09. The van der Waals surface area contributed by atoms with E-state index in [1.54, 1.807) is 67.9 Å². The summed E-state index contributed by atoms with van der Waals surface area (Å²) < 4.78 is 38.7. The third-order valence-electron chi connectivity index (χ3n) is 23.1. The summed E-state index contributed by atoms with van der Waals surface area (Å²) in [6, 6.07) is 9.54. The second kappa shape index (κ2) is 37.4. The normalized spacial score (nSPS) is 35.5. The van der Waals surface area contributed by atoms with Crippen molar-refractivity contribution in [2.75, 3.05) is 79.6 Å².